The normalized spacial score (nSPS) is 12.1. The highest BCUT2D eigenvalue weighted by Gasteiger charge is 2.22. The highest BCUT2D eigenvalue weighted by Crippen LogP contribution is 2.42. The van der Waals surface area contributed by atoms with E-state index in [1.807, 2.05) is 12.1 Å². The molecule has 0 saturated carbocycles. The number of furan rings is 1. The Kier molecular flexibility index (Phi) is 5.48. The summed E-state index contributed by atoms with van der Waals surface area (Å²) in [5, 5.41) is 8.88. The molecule has 0 aliphatic carbocycles. The molecule has 6 heteroatoms. The molecule has 0 bridgehead atoms. The first-order chi connectivity index (χ1) is 24.3. The van der Waals surface area contributed by atoms with Crippen molar-refractivity contribution in [3.63, 3.8) is 0 Å². The Labute approximate surface area is 283 Å². The summed E-state index contributed by atoms with van der Waals surface area (Å²) in [7, 11) is 0. The third-order valence-electron chi connectivity index (χ3n) is 9.68. The van der Waals surface area contributed by atoms with Gasteiger partial charge >= 0.3 is 0 Å². The predicted molar refractivity (Wildman–Crippen MR) is 203 cm³/mol. The fourth-order valence-electron chi connectivity index (χ4n) is 7.54. The monoisotopic (exact) mass is 644 g/mol. The Balaban J connectivity index is 1.28. The van der Waals surface area contributed by atoms with Crippen molar-refractivity contribution >= 4 is 86.0 Å². The lowest BCUT2D eigenvalue weighted by Crippen LogP contribution is -2.06. The zero-order valence-corrected chi connectivity index (χ0v) is 26.8. The average molecular weight is 645 g/mol. The Morgan fingerprint density at radius 2 is 1.06 bits per heavy atom. The van der Waals surface area contributed by atoms with Crippen LogP contribution in [0.5, 0.6) is 0 Å². The number of benzene rings is 7. The van der Waals surface area contributed by atoms with Gasteiger partial charge in [-0.2, -0.15) is 9.97 Å². The van der Waals surface area contributed by atoms with Gasteiger partial charge in [0.15, 0.2) is 11.6 Å². The average Bonchev–Trinajstić information content (AvgIpc) is 3.84. The minimum Gasteiger partial charge on any atom is -0.455 e. The molecule has 11 aromatic rings. The number of para-hydroxylation sites is 3. The molecule has 0 aliphatic heterocycles. The maximum absolute atomic E-state index is 6.58. The second kappa shape index (κ2) is 10.1. The molecule has 7 aromatic carbocycles. The number of hydrogen-bond donors (Lipinski definition) is 0. The predicted octanol–water partition coefficient (Wildman–Crippen LogP) is 11.7. The molecule has 0 saturated heterocycles. The van der Waals surface area contributed by atoms with Crippen LogP contribution in [0.3, 0.4) is 0 Å². The molecule has 0 atom stereocenters. The molecule has 5 nitrogen and oxygen atoms in total. The van der Waals surface area contributed by atoms with Crippen LogP contribution < -0.4 is 0 Å². The van der Waals surface area contributed by atoms with Gasteiger partial charge in [-0.3, -0.25) is 4.57 Å². The van der Waals surface area contributed by atoms with E-state index in [9.17, 15) is 0 Å². The highest BCUT2D eigenvalue weighted by molar-refractivity contribution is 7.25. The Morgan fingerprint density at radius 3 is 1.84 bits per heavy atom. The van der Waals surface area contributed by atoms with E-state index >= 15 is 0 Å². The lowest BCUT2D eigenvalue weighted by Gasteiger charge is -2.13. The van der Waals surface area contributed by atoms with Crippen LogP contribution in [0.25, 0.3) is 103 Å². The minimum atomic E-state index is 0.572. The number of rotatable bonds is 3. The molecular weight excluding hydrogens is 621 g/mol. The molecule has 0 amide bonds. The molecule has 0 aliphatic rings. The maximum atomic E-state index is 6.58. The first kappa shape index (κ1) is 26.7. The van der Waals surface area contributed by atoms with Gasteiger partial charge in [0, 0.05) is 58.2 Å². The van der Waals surface area contributed by atoms with E-state index in [4.69, 9.17) is 19.4 Å². The Hall–Kier alpha value is -6.37. The maximum Gasteiger partial charge on any atom is 0.238 e. The van der Waals surface area contributed by atoms with E-state index in [0.29, 0.717) is 17.6 Å². The van der Waals surface area contributed by atoms with Crippen LogP contribution >= 0.6 is 11.3 Å². The van der Waals surface area contributed by atoms with Gasteiger partial charge in [-0.05, 0) is 41.8 Å². The molecule has 0 N–H and O–H groups in total. The zero-order valence-electron chi connectivity index (χ0n) is 26.0. The number of nitrogens with zero attached hydrogens (tertiary/aromatic N) is 4. The van der Waals surface area contributed by atoms with Gasteiger partial charge in [0.05, 0.1) is 11.0 Å². The Bertz CT molecular complexity index is 3080. The third kappa shape index (κ3) is 3.83. The minimum absolute atomic E-state index is 0.572. The highest BCUT2D eigenvalue weighted by atomic mass is 32.1. The molecule has 0 fully saturated rings. The lowest BCUT2D eigenvalue weighted by molar-refractivity contribution is 0.672. The number of thiophene rings is 1. The molecule has 0 spiro atoms. The van der Waals surface area contributed by atoms with Crippen molar-refractivity contribution in [3.05, 3.63) is 146 Å². The van der Waals surface area contributed by atoms with Crippen LogP contribution in [0.15, 0.2) is 150 Å². The summed E-state index contributed by atoms with van der Waals surface area (Å²) < 4.78 is 11.2. The fourth-order valence-corrected chi connectivity index (χ4v) is 8.68. The largest absolute Gasteiger partial charge is 0.455 e. The first-order valence-corrected chi connectivity index (χ1v) is 17.1. The molecule has 0 unspecified atom stereocenters. The van der Waals surface area contributed by atoms with Crippen LogP contribution in [0.4, 0.5) is 0 Å². The van der Waals surface area contributed by atoms with E-state index in [1.54, 1.807) is 11.3 Å². The molecule has 4 aromatic heterocycles. The smallest absolute Gasteiger partial charge is 0.238 e. The number of hydrogen-bond acceptors (Lipinski definition) is 5. The molecule has 11 rings (SSSR count). The van der Waals surface area contributed by atoms with Crippen LogP contribution in [-0.2, 0) is 0 Å². The summed E-state index contributed by atoms with van der Waals surface area (Å²) in [6.45, 7) is 0. The fraction of sp³-hybridized carbons (Fsp3) is 0. The van der Waals surface area contributed by atoms with E-state index in [-0.39, 0.29) is 0 Å². The van der Waals surface area contributed by atoms with Crippen molar-refractivity contribution in [2.75, 3.05) is 0 Å². The number of aromatic nitrogens is 4. The van der Waals surface area contributed by atoms with Gasteiger partial charge < -0.3 is 4.42 Å². The molecule has 0 radical (unpaired) electrons. The van der Waals surface area contributed by atoms with Gasteiger partial charge in [-0.25, -0.2) is 4.98 Å². The topological polar surface area (TPSA) is 56.7 Å². The molecular formula is C43H24N4OS. The standard InChI is InChI=1S/C43H24N4OS/c1-5-18-33-26(12-1)27-13-2-6-19-34(27)47(33)43-45-41(44-42(46-43)32-17-10-22-37-39(32)30-15-4-8-21-36(30)49-37)31-16-9-11-25-23-24-29-28-14-3-7-20-35(28)48-40(29)38(25)31/h1-24H. The SMILES string of the molecule is c1cc(-c2nc(-c3cccc4sc5ccccc5c34)nc(-n3c4ccccc4c4ccccc43)n2)c2c(c1)ccc1c3ccccc3oc12. The quantitative estimate of drug-likeness (QED) is 0.192. The van der Waals surface area contributed by atoms with E-state index in [2.05, 4.69) is 138 Å². The van der Waals surface area contributed by atoms with Crippen molar-refractivity contribution < 1.29 is 4.42 Å². The molecule has 4 heterocycles. The van der Waals surface area contributed by atoms with Crippen molar-refractivity contribution in [1.82, 2.24) is 19.5 Å². The summed E-state index contributed by atoms with van der Waals surface area (Å²) >= 11 is 1.79. The molecule has 228 valence electrons. The van der Waals surface area contributed by atoms with Crippen LogP contribution in [0, 0.1) is 0 Å². The second-order valence-electron chi connectivity index (χ2n) is 12.4. The molecule has 49 heavy (non-hydrogen) atoms. The van der Waals surface area contributed by atoms with Crippen molar-refractivity contribution in [2.24, 2.45) is 0 Å². The second-order valence-corrected chi connectivity index (χ2v) is 13.5. The van der Waals surface area contributed by atoms with Crippen molar-refractivity contribution in [1.29, 1.82) is 0 Å². The summed E-state index contributed by atoms with van der Waals surface area (Å²) in [4.78, 5) is 15.9. The van der Waals surface area contributed by atoms with Gasteiger partial charge in [0.25, 0.3) is 0 Å². The van der Waals surface area contributed by atoms with Crippen LogP contribution in [0.1, 0.15) is 0 Å². The van der Waals surface area contributed by atoms with E-state index in [0.717, 1.165) is 71.0 Å². The zero-order chi connectivity index (χ0) is 32.1. The summed E-state index contributed by atoms with van der Waals surface area (Å²) in [6.07, 6.45) is 0. The van der Waals surface area contributed by atoms with Crippen molar-refractivity contribution in [3.8, 4) is 28.7 Å². The third-order valence-corrected chi connectivity index (χ3v) is 10.8. The van der Waals surface area contributed by atoms with Crippen LogP contribution in [0.2, 0.25) is 0 Å². The summed E-state index contributed by atoms with van der Waals surface area (Å²) in [5.74, 6) is 1.80. The lowest BCUT2D eigenvalue weighted by atomic mass is 10.0. The van der Waals surface area contributed by atoms with Crippen molar-refractivity contribution in [2.45, 2.75) is 0 Å². The van der Waals surface area contributed by atoms with E-state index in [1.165, 1.54) is 14.8 Å². The van der Waals surface area contributed by atoms with Gasteiger partial charge in [0.1, 0.15) is 11.2 Å². The summed E-state index contributed by atoms with van der Waals surface area (Å²) in [6, 6.07) is 50.7. The number of fused-ring (bicyclic) bond motifs is 11. The van der Waals surface area contributed by atoms with Gasteiger partial charge in [-0.1, -0.05) is 109 Å². The first-order valence-electron chi connectivity index (χ1n) is 16.3. The Morgan fingerprint density at radius 1 is 0.449 bits per heavy atom. The van der Waals surface area contributed by atoms with Gasteiger partial charge in [0.2, 0.25) is 5.95 Å². The van der Waals surface area contributed by atoms with E-state index < -0.39 is 0 Å². The van der Waals surface area contributed by atoms with Crippen LogP contribution in [-0.4, -0.2) is 19.5 Å². The van der Waals surface area contributed by atoms with Gasteiger partial charge in [-0.15, -0.1) is 11.3 Å². The summed E-state index contributed by atoms with van der Waals surface area (Å²) in [5.41, 5.74) is 5.66.